The first-order valence-corrected chi connectivity index (χ1v) is 8.47. The molecule has 3 heterocycles. The third-order valence-electron chi connectivity index (χ3n) is 3.35. The average Bonchev–Trinajstić information content (AvgIpc) is 2.97. The number of aromatic amines is 2. The summed E-state index contributed by atoms with van der Waals surface area (Å²) in [5.41, 5.74) is 2.17. The van der Waals surface area contributed by atoms with E-state index >= 15 is 0 Å². The molecule has 3 aromatic rings. The van der Waals surface area contributed by atoms with Crippen LogP contribution in [0.4, 0.5) is 0 Å². The fraction of sp³-hybridized carbons (Fsp3) is 0.333. The minimum absolute atomic E-state index is 0.252. The van der Waals surface area contributed by atoms with E-state index in [1.54, 1.807) is 6.20 Å². The zero-order chi connectivity index (χ0) is 16.4. The van der Waals surface area contributed by atoms with Crippen molar-refractivity contribution in [2.75, 3.05) is 6.61 Å². The number of hydrogen-bond donors (Lipinski definition) is 2. The molecule has 0 atom stereocenters. The number of nitrogens with one attached hydrogen (secondary N) is 2. The summed E-state index contributed by atoms with van der Waals surface area (Å²) in [6.45, 7) is 4.55. The van der Waals surface area contributed by atoms with Crippen LogP contribution in [0.1, 0.15) is 26.0 Å². The van der Waals surface area contributed by atoms with Crippen LogP contribution in [0.2, 0.25) is 0 Å². The van der Waals surface area contributed by atoms with E-state index in [4.69, 9.17) is 4.74 Å². The molecule has 0 aliphatic carbocycles. The molecule has 0 aliphatic heterocycles. The Bertz CT molecular complexity index is 903. The molecular weight excluding hydrogens is 409 g/mol. The number of hydrogen-bond acceptors (Lipinski definition) is 5. The Balaban J connectivity index is 2.19. The monoisotopic (exact) mass is 425 g/mol. The van der Waals surface area contributed by atoms with Crippen LogP contribution in [-0.2, 0) is 6.42 Å². The maximum absolute atomic E-state index is 12.3. The van der Waals surface area contributed by atoms with Gasteiger partial charge >= 0.3 is 0 Å². The van der Waals surface area contributed by atoms with Gasteiger partial charge in [-0.1, -0.05) is 13.8 Å². The van der Waals surface area contributed by atoms with Crippen molar-refractivity contribution in [3.05, 3.63) is 31.9 Å². The second-order valence-corrected chi connectivity index (χ2v) is 6.26. The standard InChI is InChI=1S/C15H16IN5O2/c1-3-5-23-15-9(6-8(16)7-17-15)13-18-11-10(4-2)20-21-12(11)14(22)19-13/h6-7H,3-5H2,1-2H3,(H,20,21)(H,18,19,22). The SMILES string of the molecule is CCCOc1ncc(I)cc1-c1nc2c(CC)n[nH]c2c(=O)[nH]1. The van der Waals surface area contributed by atoms with Crippen LogP contribution in [0.25, 0.3) is 22.4 Å². The maximum Gasteiger partial charge on any atom is 0.277 e. The molecule has 0 fully saturated rings. The van der Waals surface area contributed by atoms with Gasteiger partial charge in [0.1, 0.15) is 16.9 Å². The van der Waals surface area contributed by atoms with Gasteiger partial charge in [0, 0.05) is 9.77 Å². The Morgan fingerprint density at radius 2 is 2.17 bits per heavy atom. The van der Waals surface area contributed by atoms with Gasteiger partial charge in [0.25, 0.3) is 5.56 Å². The Hall–Kier alpha value is -1.97. The van der Waals surface area contributed by atoms with Crippen LogP contribution < -0.4 is 10.3 Å². The highest BCUT2D eigenvalue weighted by Gasteiger charge is 2.16. The van der Waals surface area contributed by atoms with Crippen LogP contribution in [0.15, 0.2) is 17.1 Å². The van der Waals surface area contributed by atoms with E-state index in [0.29, 0.717) is 41.3 Å². The number of fused-ring (bicyclic) bond motifs is 1. The largest absolute Gasteiger partial charge is 0.477 e. The number of H-pyrrole nitrogens is 2. The molecule has 2 N–H and O–H groups in total. The van der Waals surface area contributed by atoms with Crippen molar-refractivity contribution in [1.82, 2.24) is 25.1 Å². The average molecular weight is 425 g/mol. The van der Waals surface area contributed by atoms with E-state index < -0.39 is 0 Å². The predicted octanol–water partition coefficient (Wildman–Crippen LogP) is 2.66. The fourth-order valence-electron chi connectivity index (χ4n) is 2.25. The summed E-state index contributed by atoms with van der Waals surface area (Å²) in [5.74, 6) is 0.909. The molecule has 0 spiro atoms. The Morgan fingerprint density at radius 1 is 1.35 bits per heavy atom. The highest BCUT2D eigenvalue weighted by atomic mass is 127. The Morgan fingerprint density at radius 3 is 2.91 bits per heavy atom. The zero-order valence-corrected chi connectivity index (χ0v) is 15.0. The summed E-state index contributed by atoms with van der Waals surface area (Å²) >= 11 is 2.17. The van der Waals surface area contributed by atoms with Gasteiger partial charge in [-0.15, -0.1) is 0 Å². The van der Waals surface area contributed by atoms with E-state index in [-0.39, 0.29) is 5.56 Å². The lowest BCUT2D eigenvalue weighted by Crippen LogP contribution is -2.11. The molecule has 0 radical (unpaired) electrons. The molecule has 0 aliphatic rings. The maximum atomic E-state index is 12.3. The van der Waals surface area contributed by atoms with Gasteiger partial charge in [-0.25, -0.2) is 9.97 Å². The highest BCUT2D eigenvalue weighted by molar-refractivity contribution is 14.1. The summed E-state index contributed by atoms with van der Waals surface area (Å²) in [5, 5.41) is 6.88. The van der Waals surface area contributed by atoms with Crippen molar-refractivity contribution in [2.45, 2.75) is 26.7 Å². The molecule has 8 heteroatoms. The van der Waals surface area contributed by atoms with Crippen LogP contribution in [0.5, 0.6) is 5.88 Å². The lowest BCUT2D eigenvalue weighted by molar-refractivity contribution is 0.306. The van der Waals surface area contributed by atoms with E-state index in [9.17, 15) is 4.79 Å². The van der Waals surface area contributed by atoms with E-state index in [0.717, 1.165) is 15.7 Å². The molecule has 0 aromatic carbocycles. The van der Waals surface area contributed by atoms with Crippen LogP contribution in [0, 0.1) is 3.57 Å². The minimum Gasteiger partial charge on any atom is -0.477 e. The van der Waals surface area contributed by atoms with Crippen molar-refractivity contribution in [2.24, 2.45) is 0 Å². The van der Waals surface area contributed by atoms with Crippen LogP contribution in [-0.4, -0.2) is 31.8 Å². The number of nitrogens with zero attached hydrogens (tertiary/aromatic N) is 3. The number of ether oxygens (including phenoxy) is 1. The quantitative estimate of drug-likeness (QED) is 0.613. The van der Waals surface area contributed by atoms with Crippen LogP contribution >= 0.6 is 22.6 Å². The Labute approximate surface area is 146 Å². The summed E-state index contributed by atoms with van der Waals surface area (Å²) in [7, 11) is 0. The number of pyridine rings is 1. The van der Waals surface area contributed by atoms with Crippen molar-refractivity contribution in [1.29, 1.82) is 0 Å². The van der Waals surface area contributed by atoms with Crippen molar-refractivity contribution in [3.63, 3.8) is 0 Å². The minimum atomic E-state index is -0.252. The first-order chi connectivity index (χ1) is 11.1. The molecule has 3 rings (SSSR count). The van der Waals surface area contributed by atoms with E-state index in [1.807, 2.05) is 19.9 Å². The molecule has 120 valence electrons. The molecular formula is C15H16IN5O2. The first kappa shape index (κ1) is 15.9. The van der Waals surface area contributed by atoms with Gasteiger partial charge in [-0.05, 0) is 41.5 Å². The van der Waals surface area contributed by atoms with Gasteiger partial charge in [0.15, 0.2) is 0 Å². The summed E-state index contributed by atoms with van der Waals surface area (Å²) in [6.07, 6.45) is 3.29. The zero-order valence-electron chi connectivity index (χ0n) is 12.8. The molecule has 0 bridgehead atoms. The number of aryl methyl sites for hydroxylation is 1. The number of halogens is 1. The van der Waals surface area contributed by atoms with E-state index in [1.165, 1.54) is 0 Å². The van der Waals surface area contributed by atoms with Crippen LogP contribution in [0.3, 0.4) is 0 Å². The lowest BCUT2D eigenvalue weighted by atomic mass is 10.2. The van der Waals surface area contributed by atoms with Crippen molar-refractivity contribution >= 4 is 33.6 Å². The second-order valence-electron chi connectivity index (χ2n) is 5.02. The molecule has 3 aromatic heterocycles. The highest BCUT2D eigenvalue weighted by Crippen LogP contribution is 2.27. The van der Waals surface area contributed by atoms with Crippen molar-refractivity contribution in [3.8, 4) is 17.3 Å². The summed E-state index contributed by atoms with van der Waals surface area (Å²) in [6, 6.07) is 1.90. The topological polar surface area (TPSA) is 96.6 Å². The van der Waals surface area contributed by atoms with Gasteiger partial charge in [0.2, 0.25) is 5.88 Å². The summed E-state index contributed by atoms with van der Waals surface area (Å²) in [4.78, 5) is 24.0. The third kappa shape index (κ3) is 3.07. The second kappa shape index (κ2) is 6.65. The molecule has 23 heavy (non-hydrogen) atoms. The molecule has 0 amide bonds. The molecule has 0 saturated carbocycles. The molecule has 0 unspecified atom stereocenters. The number of rotatable bonds is 5. The van der Waals surface area contributed by atoms with Gasteiger partial charge in [-0.2, -0.15) is 5.10 Å². The summed E-state index contributed by atoms with van der Waals surface area (Å²) < 4.78 is 6.62. The van der Waals surface area contributed by atoms with Gasteiger partial charge in [-0.3, -0.25) is 9.89 Å². The molecule has 7 nitrogen and oxygen atoms in total. The van der Waals surface area contributed by atoms with Gasteiger partial charge in [0.05, 0.1) is 17.9 Å². The lowest BCUT2D eigenvalue weighted by Gasteiger charge is -2.09. The third-order valence-corrected chi connectivity index (χ3v) is 3.94. The number of aromatic nitrogens is 5. The Kier molecular flexibility index (Phi) is 4.60. The normalized spacial score (nSPS) is 11.1. The van der Waals surface area contributed by atoms with E-state index in [2.05, 4.69) is 47.7 Å². The first-order valence-electron chi connectivity index (χ1n) is 7.40. The smallest absolute Gasteiger partial charge is 0.277 e. The predicted molar refractivity (Wildman–Crippen MR) is 95.6 cm³/mol. The fourth-order valence-corrected chi connectivity index (χ4v) is 2.70. The van der Waals surface area contributed by atoms with Gasteiger partial charge < -0.3 is 9.72 Å². The molecule has 0 saturated heterocycles. The van der Waals surface area contributed by atoms with Crippen molar-refractivity contribution < 1.29 is 4.74 Å².